The van der Waals surface area contributed by atoms with E-state index in [1.54, 1.807) is 0 Å². The van der Waals surface area contributed by atoms with Gasteiger partial charge in [0.25, 0.3) is 0 Å². The maximum atomic E-state index is 13.3. The third-order valence-electron chi connectivity index (χ3n) is 2.50. The molecule has 0 radical (unpaired) electrons. The van der Waals surface area contributed by atoms with Crippen LogP contribution in [0.3, 0.4) is 0 Å². The van der Waals surface area contributed by atoms with E-state index in [1.165, 1.54) is 18.2 Å². The lowest BCUT2D eigenvalue weighted by Gasteiger charge is -2.09. The molecule has 2 aromatic rings. The average Bonchev–Trinajstić information content (AvgIpc) is 2.39. The minimum atomic E-state index is -1.54. The molecule has 2 aromatic carbocycles. The third-order valence-corrected chi connectivity index (χ3v) is 2.79. The summed E-state index contributed by atoms with van der Waals surface area (Å²) in [4.78, 5) is 0. The molecule has 2 rings (SSSR count). The predicted octanol–water partition coefficient (Wildman–Crippen LogP) is 4.51. The maximum absolute atomic E-state index is 13.3. The van der Waals surface area contributed by atoms with Gasteiger partial charge in [-0.2, -0.15) is 0 Å². The van der Waals surface area contributed by atoms with E-state index in [0.29, 0.717) is 5.56 Å². The van der Waals surface area contributed by atoms with Crippen LogP contribution in [0, 0.1) is 23.3 Å². The summed E-state index contributed by atoms with van der Waals surface area (Å²) in [5, 5.41) is 2.52. The number of nitrogens with one attached hydrogen (secondary N) is 1. The lowest BCUT2D eigenvalue weighted by molar-refractivity contribution is 0.449. The Balaban J connectivity index is 2.14. The zero-order chi connectivity index (χ0) is 14.0. The molecule has 19 heavy (non-hydrogen) atoms. The molecular formula is C13H8ClF4N. The van der Waals surface area contributed by atoms with Gasteiger partial charge < -0.3 is 5.32 Å². The van der Waals surface area contributed by atoms with Crippen LogP contribution in [0.2, 0.25) is 5.02 Å². The SMILES string of the molecule is Fc1ccc(CNc2ccc(F)c(F)c2F)cc1Cl. The molecular weight excluding hydrogens is 282 g/mol. The Morgan fingerprint density at radius 3 is 2.26 bits per heavy atom. The second-order valence-corrected chi connectivity index (χ2v) is 4.23. The van der Waals surface area contributed by atoms with Crippen LogP contribution in [0.4, 0.5) is 23.2 Å². The van der Waals surface area contributed by atoms with Gasteiger partial charge in [0.05, 0.1) is 10.7 Å². The van der Waals surface area contributed by atoms with Gasteiger partial charge in [-0.25, -0.2) is 17.6 Å². The van der Waals surface area contributed by atoms with Crippen LogP contribution in [0.5, 0.6) is 0 Å². The van der Waals surface area contributed by atoms with Gasteiger partial charge in [0.1, 0.15) is 5.82 Å². The quantitative estimate of drug-likeness (QED) is 0.647. The van der Waals surface area contributed by atoms with Gasteiger partial charge in [-0.1, -0.05) is 17.7 Å². The number of anilines is 1. The van der Waals surface area contributed by atoms with E-state index in [-0.39, 0.29) is 17.3 Å². The Bertz CT molecular complexity index is 616. The topological polar surface area (TPSA) is 12.0 Å². The van der Waals surface area contributed by atoms with E-state index < -0.39 is 23.3 Å². The summed E-state index contributed by atoms with van der Waals surface area (Å²) in [5.41, 5.74) is 0.398. The van der Waals surface area contributed by atoms with Crippen LogP contribution in [0.25, 0.3) is 0 Å². The Kier molecular flexibility index (Phi) is 3.95. The van der Waals surface area contributed by atoms with E-state index in [4.69, 9.17) is 11.6 Å². The first kappa shape index (κ1) is 13.7. The molecule has 0 heterocycles. The Labute approximate surface area is 111 Å². The fraction of sp³-hybridized carbons (Fsp3) is 0.0769. The normalized spacial score (nSPS) is 10.6. The summed E-state index contributed by atoms with van der Waals surface area (Å²) < 4.78 is 52.0. The van der Waals surface area contributed by atoms with Crippen LogP contribution >= 0.6 is 11.6 Å². The van der Waals surface area contributed by atoms with Crippen molar-refractivity contribution in [3.05, 3.63) is 64.2 Å². The second kappa shape index (κ2) is 5.48. The van der Waals surface area contributed by atoms with Gasteiger partial charge in [0.15, 0.2) is 17.5 Å². The Morgan fingerprint density at radius 1 is 0.895 bits per heavy atom. The van der Waals surface area contributed by atoms with Crippen molar-refractivity contribution in [1.82, 2.24) is 0 Å². The molecule has 0 bridgehead atoms. The maximum Gasteiger partial charge on any atom is 0.196 e. The molecule has 1 nitrogen and oxygen atoms in total. The number of rotatable bonds is 3. The second-order valence-electron chi connectivity index (χ2n) is 3.82. The third kappa shape index (κ3) is 2.98. The van der Waals surface area contributed by atoms with E-state index in [0.717, 1.165) is 12.1 Å². The molecule has 0 amide bonds. The smallest absolute Gasteiger partial charge is 0.196 e. The van der Waals surface area contributed by atoms with Crippen molar-refractivity contribution in [2.24, 2.45) is 0 Å². The molecule has 0 saturated carbocycles. The lowest BCUT2D eigenvalue weighted by Crippen LogP contribution is -2.04. The highest BCUT2D eigenvalue weighted by molar-refractivity contribution is 6.30. The lowest BCUT2D eigenvalue weighted by atomic mass is 10.2. The minimum Gasteiger partial charge on any atom is -0.379 e. The highest BCUT2D eigenvalue weighted by Gasteiger charge is 2.13. The van der Waals surface area contributed by atoms with Gasteiger partial charge in [-0.15, -0.1) is 0 Å². The average molecular weight is 290 g/mol. The molecule has 0 aliphatic carbocycles. The van der Waals surface area contributed by atoms with Crippen molar-refractivity contribution in [3.63, 3.8) is 0 Å². The Hall–Kier alpha value is -1.75. The highest BCUT2D eigenvalue weighted by Crippen LogP contribution is 2.21. The molecule has 0 aliphatic rings. The van der Waals surface area contributed by atoms with Crippen LogP contribution in [0.1, 0.15) is 5.56 Å². The van der Waals surface area contributed by atoms with Gasteiger partial charge in [-0.3, -0.25) is 0 Å². The monoisotopic (exact) mass is 289 g/mol. The van der Waals surface area contributed by atoms with Gasteiger partial charge in [0.2, 0.25) is 0 Å². The molecule has 1 N–H and O–H groups in total. The molecule has 100 valence electrons. The molecule has 0 atom stereocenters. The number of benzene rings is 2. The van der Waals surface area contributed by atoms with Crippen LogP contribution in [0.15, 0.2) is 30.3 Å². The summed E-state index contributed by atoms with van der Waals surface area (Å²) >= 11 is 5.59. The van der Waals surface area contributed by atoms with E-state index in [9.17, 15) is 17.6 Å². The Morgan fingerprint density at radius 2 is 1.58 bits per heavy atom. The van der Waals surface area contributed by atoms with E-state index in [2.05, 4.69) is 5.32 Å². The molecule has 0 fully saturated rings. The van der Waals surface area contributed by atoms with Crippen LogP contribution < -0.4 is 5.32 Å². The van der Waals surface area contributed by atoms with Gasteiger partial charge >= 0.3 is 0 Å². The summed E-state index contributed by atoms with van der Waals surface area (Å²) in [6, 6.07) is 5.88. The first-order valence-electron chi connectivity index (χ1n) is 5.30. The summed E-state index contributed by atoms with van der Waals surface area (Å²) in [5.74, 6) is -4.66. The van der Waals surface area contributed by atoms with Crippen LogP contribution in [-0.4, -0.2) is 0 Å². The van der Waals surface area contributed by atoms with Crippen molar-refractivity contribution in [1.29, 1.82) is 0 Å². The number of hydrogen-bond donors (Lipinski definition) is 1. The number of hydrogen-bond acceptors (Lipinski definition) is 1. The zero-order valence-corrected chi connectivity index (χ0v) is 10.2. The molecule has 0 unspecified atom stereocenters. The molecule has 0 aromatic heterocycles. The standard InChI is InChI=1S/C13H8ClF4N/c14-8-5-7(1-2-9(8)15)6-19-11-4-3-10(16)12(17)13(11)18/h1-5,19H,6H2. The van der Waals surface area contributed by atoms with Crippen LogP contribution in [-0.2, 0) is 6.54 Å². The molecule has 0 aliphatic heterocycles. The van der Waals surface area contributed by atoms with E-state index >= 15 is 0 Å². The minimum absolute atomic E-state index is 0.0648. The summed E-state index contributed by atoms with van der Waals surface area (Å²) in [6.45, 7) is 0.0992. The van der Waals surface area contributed by atoms with E-state index in [1.807, 2.05) is 0 Å². The zero-order valence-electron chi connectivity index (χ0n) is 9.48. The van der Waals surface area contributed by atoms with Crippen molar-refractivity contribution in [2.45, 2.75) is 6.54 Å². The van der Waals surface area contributed by atoms with Gasteiger partial charge in [0, 0.05) is 6.54 Å². The first-order valence-corrected chi connectivity index (χ1v) is 5.68. The highest BCUT2D eigenvalue weighted by atomic mass is 35.5. The molecule has 0 spiro atoms. The van der Waals surface area contributed by atoms with Crippen molar-refractivity contribution in [3.8, 4) is 0 Å². The summed E-state index contributed by atoms with van der Waals surface area (Å²) in [6.07, 6.45) is 0. The van der Waals surface area contributed by atoms with Crippen molar-refractivity contribution >= 4 is 17.3 Å². The van der Waals surface area contributed by atoms with Crippen molar-refractivity contribution < 1.29 is 17.6 Å². The first-order chi connectivity index (χ1) is 8.99. The number of halogens is 5. The van der Waals surface area contributed by atoms with Crippen molar-refractivity contribution in [2.75, 3.05) is 5.32 Å². The molecule has 6 heteroatoms. The fourth-order valence-electron chi connectivity index (χ4n) is 1.51. The largest absolute Gasteiger partial charge is 0.379 e. The van der Waals surface area contributed by atoms with Gasteiger partial charge in [-0.05, 0) is 29.8 Å². The summed E-state index contributed by atoms with van der Waals surface area (Å²) in [7, 11) is 0. The fourth-order valence-corrected chi connectivity index (χ4v) is 1.71. The predicted molar refractivity (Wildman–Crippen MR) is 65.1 cm³/mol. The molecule has 0 saturated heterocycles.